The second-order valence-corrected chi connectivity index (χ2v) is 8.90. The predicted octanol–water partition coefficient (Wildman–Crippen LogP) is 1.69. The molecule has 0 bridgehead atoms. The van der Waals surface area contributed by atoms with Gasteiger partial charge in [-0.25, -0.2) is 9.97 Å². The minimum absolute atomic E-state index is 0.000928. The Kier molecular flexibility index (Phi) is 6.11. The van der Waals surface area contributed by atoms with Crippen LogP contribution in [0.5, 0.6) is 0 Å². The smallest absolute Gasteiger partial charge is 0.230 e. The van der Waals surface area contributed by atoms with E-state index in [4.69, 9.17) is 10.5 Å². The highest BCUT2D eigenvalue weighted by molar-refractivity contribution is 7.99. The van der Waals surface area contributed by atoms with Crippen LogP contribution in [-0.2, 0) is 22.4 Å². The van der Waals surface area contributed by atoms with Crippen LogP contribution in [0.25, 0.3) is 10.2 Å². The molecule has 0 unspecified atom stereocenters. The average Bonchev–Trinajstić information content (AvgIpc) is 3.06. The Morgan fingerprint density at radius 2 is 2.07 bits per heavy atom. The van der Waals surface area contributed by atoms with Crippen LogP contribution in [0.4, 0.5) is 5.82 Å². The largest absolute Gasteiger partial charge is 0.383 e. The molecule has 0 radical (unpaired) electrons. The Balaban J connectivity index is 1.31. The molecule has 0 atom stereocenters. The number of nitrogens with zero attached hydrogens (tertiary/aromatic N) is 3. The molecule has 2 aliphatic rings. The van der Waals surface area contributed by atoms with Crippen LogP contribution < -0.4 is 11.1 Å². The molecule has 1 saturated heterocycles. The van der Waals surface area contributed by atoms with Gasteiger partial charge in [0.05, 0.1) is 24.4 Å². The van der Waals surface area contributed by atoms with E-state index in [-0.39, 0.29) is 5.91 Å². The Labute approximate surface area is 167 Å². The van der Waals surface area contributed by atoms with Gasteiger partial charge < -0.3 is 15.8 Å². The van der Waals surface area contributed by atoms with Crippen LogP contribution in [0.2, 0.25) is 0 Å². The Bertz CT molecular complexity index is 820. The standard InChI is InChI=1S/C18H25N5O2S2/c19-16-15-12-3-1-2-4-13(12)27-17(15)22-18(21-16)26-11-14(24)20-5-6-23-7-9-25-10-8-23/h1-11H2,(H,20,24)(H2,19,21,22). The molecule has 4 rings (SSSR count). The molecule has 0 aromatic carbocycles. The van der Waals surface area contributed by atoms with E-state index in [2.05, 4.69) is 20.2 Å². The number of anilines is 1. The summed E-state index contributed by atoms with van der Waals surface area (Å²) in [6, 6.07) is 0. The molecule has 2 aromatic heterocycles. The first-order valence-electron chi connectivity index (χ1n) is 9.48. The number of thiophene rings is 1. The number of ether oxygens (including phenoxy) is 1. The normalized spacial score (nSPS) is 17.8. The van der Waals surface area contributed by atoms with E-state index in [1.807, 2.05) is 0 Å². The van der Waals surface area contributed by atoms with Crippen molar-refractivity contribution >= 4 is 45.0 Å². The van der Waals surface area contributed by atoms with Gasteiger partial charge in [0.2, 0.25) is 5.91 Å². The van der Waals surface area contributed by atoms with Gasteiger partial charge in [0.15, 0.2) is 5.16 Å². The van der Waals surface area contributed by atoms with E-state index >= 15 is 0 Å². The van der Waals surface area contributed by atoms with Crippen LogP contribution in [0, 0.1) is 0 Å². The van der Waals surface area contributed by atoms with Gasteiger partial charge in [0, 0.05) is 31.1 Å². The molecule has 1 aliphatic heterocycles. The Morgan fingerprint density at radius 1 is 1.26 bits per heavy atom. The summed E-state index contributed by atoms with van der Waals surface area (Å²) in [5.41, 5.74) is 7.56. The summed E-state index contributed by atoms with van der Waals surface area (Å²) in [4.78, 5) is 25.9. The first-order chi connectivity index (χ1) is 13.2. The van der Waals surface area contributed by atoms with Crippen molar-refractivity contribution in [3.63, 3.8) is 0 Å². The lowest BCUT2D eigenvalue weighted by atomic mass is 9.97. The zero-order valence-corrected chi connectivity index (χ0v) is 17.0. The van der Waals surface area contributed by atoms with Crippen molar-refractivity contribution in [1.82, 2.24) is 20.2 Å². The summed E-state index contributed by atoms with van der Waals surface area (Å²) >= 11 is 3.08. The molecule has 146 valence electrons. The molecule has 9 heteroatoms. The number of nitrogens with two attached hydrogens (primary N) is 1. The number of carbonyl (C=O) groups is 1. The second-order valence-electron chi connectivity index (χ2n) is 6.88. The van der Waals surface area contributed by atoms with Crippen molar-refractivity contribution in [3.05, 3.63) is 10.4 Å². The van der Waals surface area contributed by atoms with E-state index < -0.39 is 0 Å². The third-order valence-electron chi connectivity index (χ3n) is 5.01. The van der Waals surface area contributed by atoms with E-state index in [0.717, 1.165) is 55.9 Å². The zero-order chi connectivity index (χ0) is 18.6. The quantitative estimate of drug-likeness (QED) is 0.556. The van der Waals surface area contributed by atoms with Gasteiger partial charge in [0.1, 0.15) is 10.6 Å². The second kappa shape index (κ2) is 8.72. The monoisotopic (exact) mass is 407 g/mol. The molecular weight excluding hydrogens is 382 g/mol. The highest BCUT2D eigenvalue weighted by Crippen LogP contribution is 2.38. The maximum absolute atomic E-state index is 12.1. The van der Waals surface area contributed by atoms with Gasteiger partial charge in [-0.1, -0.05) is 11.8 Å². The number of carbonyl (C=O) groups excluding carboxylic acids is 1. The van der Waals surface area contributed by atoms with E-state index in [9.17, 15) is 4.79 Å². The highest BCUT2D eigenvalue weighted by Gasteiger charge is 2.20. The van der Waals surface area contributed by atoms with Crippen LogP contribution in [0.1, 0.15) is 23.3 Å². The molecule has 1 amide bonds. The van der Waals surface area contributed by atoms with Gasteiger partial charge >= 0.3 is 0 Å². The highest BCUT2D eigenvalue weighted by atomic mass is 32.2. The summed E-state index contributed by atoms with van der Waals surface area (Å²) in [7, 11) is 0. The lowest BCUT2D eigenvalue weighted by molar-refractivity contribution is -0.118. The third kappa shape index (κ3) is 4.53. The van der Waals surface area contributed by atoms with Gasteiger partial charge in [-0.2, -0.15) is 0 Å². The SMILES string of the molecule is Nc1nc(SCC(=O)NCCN2CCOCC2)nc2sc3c(c12)CCCC3. The topological polar surface area (TPSA) is 93.4 Å². The fraction of sp³-hybridized carbons (Fsp3) is 0.611. The number of rotatable bonds is 6. The van der Waals surface area contributed by atoms with Crippen LogP contribution in [-0.4, -0.2) is 65.9 Å². The van der Waals surface area contributed by atoms with Crippen LogP contribution in [0.15, 0.2) is 5.16 Å². The number of nitrogen functional groups attached to an aromatic ring is 1. The molecule has 27 heavy (non-hydrogen) atoms. The number of aryl methyl sites for hydroxylation is 2. The van der Waals surface area contributed by atoms with Crippen molar-refractivity contribution in [2.45, 2.75) is 30.8 Å². The number of thioether (sulfide) groups is 1. The van der Waals surface area contributed by atoms with E-state index in [1.165, 1.54) is 35.0 Å². The predicted molar refractivity (Wildman–Crippen MR) is 109 cm³/mol. The van der Waals surface area contributed by atoms with Crippen molar-refractivity contribution < 1.29 is 9.53 Å². The lowest BCUT2D eigenvalue weighted by Gasteiger charge is -2.26. The third-order valence-corrected chi connectivity index (χ3v) is 7.04. The molecule has 0 spiro atoms. The number of hydrogen-bond donors (Lipinski definition) is 2. The number of nitrogens with one attached hydrogen (secondary N) is 1. The first-order valence-corrected chi connectivity index (χ1v) is 11.3. The van der Waals surface area contributed by atoms with Crippen LogP contribution in [0.3, 0.4) is 0 Å². The van der Waals surface area contributed by atoms with E-state index in [0.29, 0.717) is 23.3 Å². The molecule has 0 saturated carbocycles. The van der Waals surface area contributed by atoms with Crippen LogP contribution >= 0.6 is 23.1 Å². The summed E-state index contributed by atoms with van der Waals surface area (Å²) in [6.45, 7) is 4.93. The van der Waals surface area contributed by atoms with Gasteiger partial charge in [-0.05, 0) is 31.2 Å². The Hall–Kier alpha value is -1.42. The lowest BCUT2D eigenvalue weighted by Crippen LogP contribution is -2.41. The zero-order valence-electron chi connectivity index (χ0n) is 15.3. The minimum atomic E-state index is 0.000928. The first kappa shape index (κ1) is 18.9. The summed E-state index contributed by atoms with van der Waals surface area (Å²) in [6.07, 6.45) is 4.63. The van der Waals surface area contributed by atoms with Gasteiger partial charge in [-0.3, -0.25) is 9.69 Å². The maximum Gasteiger partial charge on any atom is 0.230 e. The maximum atomic E-state index is 12.1. The molecule has 2 aromatic rings. The minimum Gasteiger partial charge on any atom is -0.383 e. The van der Waals surface area contributed by atoms with Gasteiger partial charge in [0.25, 0.3) is 0 Å². The fourth-order valence-electron chi connectivity index (χ4n) is 3.59. The number of fused-ring (bicyclic) bond motifs is 3. The number of amides is 1. The summed E-state index contributed by atoms with van der Waals surface area (Å²) in [5, 5.41) is 4.59. The Morgan fingerprint density at radius 3 is 2.93 bits per heavy atom. The number of aromatic nitrogens is 2. The molecule has 3 heterocycles. The fourth-order valence-corrected chi connectivity index (χ4v) is 5.60. The van der Waals surface area contributed by atoms with Gasteiger partial charge in [-0.15, -0.1) is 11.3 Å². The molecule has 7 nitrogen and oxygen atoms in total. The molecule has 1 aliphatic carbocycles. The average molecular weight is 408 g/mol. The molecular formula is C18H25N5O2S2. The molecule has 3 N–H and O–H groups in total. The van der Waals surface area contributed by atoms with Crippen molar-refractivity contribution in [2.75, 3.05) is 50.9 Å². The van der Waals surface area contributed by atoms with E-state index in [1.54, 1.807) is 11.3 Å². The summed E-state index contributed by atoms with van der Waals surface area (Å²) < 4.78 is 5.33. The van der Waals surface area contributed by atoms with Crippen molar-refractivity contribution in [1.29, 1.82) is 0 Å². The summed E-state index contributed by atoms with van der Waals surface area (Å²) in [5.74, 6) is 0.856. The number of hydrogen-bond acceptors (Lipinski definition) is 8. The molecule has 1 fully saturated rings. The van der Waals surface area contributed by atoms with Crippen molar-refractivity contribution in [3.8, 4) is 0 Å². The van der Waals surface area contributed by atoms with Crippen molar-refractivity contribution in [2.24, 2.45) is 0 Å². The number of morpholine rings is 1.